The van der Waals surface area contributed by atoms with Crippen LogP contribution in [-0.2, 0) is 6.54 Å². The number of nitrogens with two attached hydrogens (primary N) is 1. The lowest BCUT2D eigenvalue weighted by Crippen LogP contribution is -2.16. The highest BCUT2D eigenvalue weighted by Gasteiger charge is 2.13. The molecule has 2 aromatic rings. The predicted octanol–water partition coefficient (Wildman–Crippen LogP) is 2.03. The minimum Gasteiger partial charge on any atom is -0.399 e. The van der Waals surface area contributed by atoms with Crippen molar-refractivity contribution in [2.75, 3.05) is 5.73 Å². The van der Waals surface area contributed by atoms with Crippen molar-refractivity contribution >= 4 is 17.4 Å². The fourth-order valence-electron chi connectivity index (χ4n) is 1.71. The second kappa shape index (κ2) is 5.30. The molecule has 0 spiro atoms. The van der Waals surface area contributed by atoms with Gasteiger partial charge in [0.1, 0.15) is 0 Å². The van der Waals surface area contributed by atoms with Crippen LogP contribution in [0.5, 0.6) is 0 Å². The van der Waals surface area contributed by atoms with Gasteiger partial charge in [-0.25, -0.2) is 9.89 Å². The third kappa shape index (κ3) is 2.59. The largest absolute Gasteiger partial charge is 0.399 e. The Hall–Kier alpha value is -1.69. The summed E-state index contributed by atoms with van der Waals surface area (Å²) in [7, 11) is 0. The van der Waals surface area contributed by atoms with Crippen molar-refractivity contribution < 1.29 is 0 Å². The van der Waals surface area contributed by atoms with Gasteiger partial charge >= 0.3 is 5.69 Å². The first-order valence-corrected chi connectivity index (χ1v) is 6.67. The Morgan fingerprint density at radius 3 is 3.00 bits per heavy atom. The van der Waals surface area contributed by atoms with Crippen LogP contribution in [0, 0.1) is 0 Å². The Morgan fingerprint density at radius 2 is 2.33 bits per heavy atom. The van der Waals surface area contributed by atoms with Gasteiger partial charge in [0.15, 0.2) is 5.16 Å². The molecule has 1 unspecified atom stereocenters. The first kappa shape index (κ1) is 12.8. The molecule has 96 valence electrons. The minimum atomic E-state index is -0.167. The van der Waals surface area contributed by atoms with Gasteiger partial charge in [-0.05, 0) is 31.5 Å². The summed E-state index contributed by atoms with van der Waals surface area (Å²) < 4.78 is 1.62. The number of nitrogen functional groups attached to an aromatic ring is 1. The summed E-state index contributed by atoms with van der Waals surface area (Å²) in [5.41, 5.74) is 7.47. The number of hydrogen-bond acceptors (Lipinski definition) is 4. The Balaban J connectivity index is 2.21. The van der Waals surface area contributed by atoms with Gasteiger partial charge in [0.05, 0.1) is 0 Å². The molecule has 0 fully saturated rings. The topological polar surface area (TPSA) is 76.7 Å². The summed E-state index contributed by atoms with van der Waals surface area (Å²) >= 11 is 1.54. The second-order valence-electron chi connectivity index (χ2n) is 3.99. The number of anilines is 1. The molecule has 6 heteroatoms. The van der Waals surface area contributed by atoms with Crippen molar-refractivity contribution in [1.29, 1.82) is 0 Å². The number of benzene rings is 1. The first-order valence-electron chi connectivity index (χ1n) is 5.79. The maximum absolute atomic E-state index is 11.5. The molecule has 18 heavy (non-hydrogen) atoms. The fourth-order valence-corrected chi connectivity index (χ4v) is 2.75. The lowest BCUT2D eigenvalue weighted by molar-refractivity contribution is 0.659. The van der Waals surface area contributed by atoms with Crippen LogP contribution >= 0.6 is 11.8 Å². The summed E-state index contributed by atoms with van der Waals surface area (Å²) in [6.45, 7) is 4.60. The monoisotopic (exact) mass is 264 g/mol. The van der Waals surface area contributed by atoms with E-state index in [0.29, 0.717) is 11.7 Å². The number of H-pyrrole nitrogens is 1. The summed E-state index contributed by atoms with van der Waals surface area (Å²) in [4.78, 5) is 11.5. The van der Waals surface area contributed by atoms with Crippen molar-refractivity contribution in [3.8, 4) is 0 Å². The predicted molar refractivity (Wildman–Crippen MR) is 73.6 cm³/mol. The highest BCUT2D eigenvalue weighted by Crippen LogP contribution is 2.33. The van der Waals surface area contributed by atoms with E-state index < -0.39 is 0 Å². The number of aromatic nitrogens is 3. The number of rotatable bonds is 4. The molecule has 0 aliphatic heterocycles. The zero-order chi connectivity index (χ0) is 13.1. The summed E-state index contributed by atoms with van der Waals surface area (Å²) in [6, 6.07) is 7.75. The van der Waals surface area contributed by atoms with Crippen LogP contribution in [0.1, 0.15) is 24.7 Å². The third-order valence-corrected chi connectivity index (χ3v) is 3.85. The van der Waals surface area contributed by atoms with E-state index in [-0.39, 0.29) is 10.9 Å². The van der Waals surface area contributed by atoms with Gasteiger partial charge < -0.3 is 5.73 Å². The van der Waals surface area contributed by atoms with Crippen molar-refractivity contribution in [3.05, 3.63) is 40.3 Å². The van der Waals surface area contributed by atoms with Crippen LogP contribution in [0.3, 0.4) is 0 Å². The number of nitrogens with zero attached hydrogens (tertiary/aromatic N) is 2. The van der Waals surface area contributed by atoms with Gasteiger partial charge in [0.25, 0.3) is 0 Å². The summed E-state index contributed by atoms with van der Waals surface area (Å²) in [5, 5.41) is 7.39. The zero-order valence-electron chi connectivity index (χ0n) is 10.4. The number of hydrogen-bond donors (Lipinski definition) is 2. The molecule has 0 saturated carbocycles. The third-order valence-electron chi connectivity index (χ3n) is 2.70. The van der Waals surface area contributed by atoms with Crippen molar-refractivity contribution in [2.24, 2.45) is 0 Å². The van der Waals surface area contributed by atoms with Crippen LogP contribution in [0.15, 0.2) is 34.2 Å². The molecule has 0 bridgehead atoms. The van der Waals surface area contributed by atoms with Crippen LogP contribution in [0.2, 0.25) is 0 Å². The van der Waals surface area contributed by atoms with E-state index in [9.17, 15) is 4.79 Å². The standard InChI is InChI=1S/C12H16N4OS/c1-3-16-11(17)14-15-12(16)18-8(2)9-5-4-6-10(13)7-9/h4-8H,3,13H2,1-2H3,(H,14,17). The molecule has 2 rings (SSSR count). The Morgan fingerprint density at radius 1 is 1.56 bits per heavy atom. The number of thioether (sulfide) groups is 1. The molecular formula is C12H16N4OS. The lowest BCUT2D eigenvalue weighted by atomic mass is 10.1. The maximum Gasteiger partial charge on any atom is 0.343 e. The SMILES string of the molecule is CCn1c(SC(C)c2cccc(N)c2)n[nH]c1=O. The first-order chi connectivity index (χ1) is 8.61. The molecule has 0 radical (unpaired) electrons. The Labute approximate surface area is 109 Å². The molecule has 1 atom stereocenters. The van der Waals surface area contributed by atoms with E-state index in [0.717, 1.165) is 11.3 Å². The fraction of sp³-hybridized carbons (Fsp3) is 0.333. The van der Waals surface area contributed by atoms with Crippen LogP contribution in [0.25, 0.3) is 0 Å². The molecule has 1 aromatic carbocycles. The molecule has 1 heterocycles. The van der Waals surface area contributed by atoms with E-state index in [1.54, 1.807) is 16.3 Å². The van der Waals surface area contributed by atoms with Gasteiger partial charge in [-0.3, -0.25) is 4.57 Å². The van der Waals surface area contributed by atoms with Gasteiger partial charge in [0.2, 0.25) is 0 Å². The molecule has 0 saturated heterocycles. The van der Waals surface area contributed by atoms with Crippen LogP contribution < -0.4 is 11.4 Å². The van der Waals surface area contributed by atoms with Gasteiger partial charge in [-0.1, -0.05) is 23.9 Å². The quantitative estimate of drug-likeness (QED) is 0.654. The number of nitrogens with one attached hydrogen (secondary N) is 1. The molecule has 0 amide bonds. The van der Waals surface area contributed by atoms with Crippen molar-refractivity contribution in [2.45, 2.75) is 30.8 Å². The van der Waals surface area contributed by atoms with Crippen LogP contribution in [0.4, 0.5) is 5.69 Å². The molecule has 0 aliphatic carbocycles. The maximum atomic E-state index is 11.5. The van der Waals surface area contributed by atoms with Crippen molar-refractivity contribution in [3.63, 3.8) is 0 Å². The summed E-state index contributed by atoms with van der Waals surface area (Å²) in [6.07, 6.45) is 0. The van der Waals surface area contributed by atoms with E-state index in [1.165, 1.54) is 0 Å². The molecule has 0 aliphatic rings. The zero-order valence-corrected chi connectivity index (χ0v) is 11.2. The molecule has 1 aromatic heterocycles. The van der Waals surface area contributed by atoms with Crippen molar-refractivity contribution in [1.82, 2.24) is 14.8 Å². The van der Waals surface area contributed by atoms with Crippen LogP contribution in [-0.4, -0.2) is 14.8 Å². The Bertz CT molecular complexity index is 590. The average Bonchev–Trinajstić information content (AvgIpc) is 2.69. The Kier molecular flexibility index (Phi) is 3.76. The lowest BCUT2D eigenvalue weighted by Gasteiger charge is -2.11. The smallest absolute Gasteiger partial charge is 0.343 e. The normalized spacial score (nSPS) is 12.6. The van der Waals surface area contributed by atoms with Gasteiger partial charge in [-0.15, -0.1) is 5.10 Å². The van der Waals surface area contributed by atoms with E-state index in [2.05, 4.69) is 17.1 Å². The highest BCUT2D eigenvalue weighted by atomic mass is 32.2. The van der Waals surface area contributed by atoms with Gasteiger partial charge in [-0.2, -0.15) is 0 Å². The van der Waals surface area contributed by atoms with E-state index >= 15 is 0 Å². The molecule has 3 N–H and O–H groups in total. The second-order valence-corrected chi connectivity index (χ2v) is 5.29. The molecular weight excluding hydrogens is 248 g/mol. The van der Waals surface area contributed by atoms with E-state index in [1.807, 2.05) is 31.2 Å². The highest BCUT2D eigenvalue weighted by molar-refractivity contribution is 7.99. The number of aromatic amines is 1. The minimum absolute atomic E-state index is 0.167. The molecule has 5 nitrogen and oxygen atoms in total. The van der Waals surface area contributed by atoms with Gasteiger partial charge in [0, 0.05) is 17.5 Å². The summed E-state index contributed by atoms with van der Waals surface area (Å²) in [5.74, 6) is 0. The van der Waals surface area contributed by atoms with E-state index in [4.69, 9.17) is 5.73 Å². The average molecular weight is 264 g/mol.